The first-order valence-corrected chi connectivity index (χ1v) is 6.22. The molecule has 2 heteroatoms. The Hall–Kier alpha value is -0.860. The minimum absolute atomic E-state index is 0.167. The molecule has 0 aromatic heterocycles. The molecule has 0 spiro atoms. The van der Waals surface area contributed by atoms with Crippen molar-refractivity contribution in [1.29, 1.82) is 0 Å². The van der Waals surface area contributed by atoms with Crippen LogP contribution >= 0.6 is 0 Å². The molecule has 0 saturated heterocycles. The van der Waals surface area contributed by atoms with Crippen molar-refractivity contribution >= 4 is 0 Å². The van der Waals surface area contributed by atoms with E-state index in [1.165, 1.54) is 18.4 Å². The van der Waals surface area contributed by atoms with Crippen LogP contribution in [0.3, 0.4) is 0 Å². The van der Waals surface area contributed by atoms with Crippen LogP contribution in [-0.4, -0.2) is 18.3 Å². The third-order valence-corrected chi connectivity index (χ3v) is 3.63. The van der Waals surface area contributed by atoms with Gasteiger partial charge in [-0.05, 0) is 37.3 Å². The topological polar surface area (TPSA) is 32.3 Å². The van der Waals surface area contributed by atoms with Crippen LogP contribution in [0.5, 0.6) is 0 Å². The molecular formula is C14H21NO. The fourth-order valence-electron chi connectivity index (χ4n) is 2.11. The highest BCUT2D eigenvalue weighted by Crippen LogP contribution is 2.31. The summed E-state index contributed by atoms with van der Waals surface area (Å²) in [7, 11) is 0. The van der Waals surface area contributed by atoms with Gasteiger partial charge in [0.1, 0.15) is 0 Å². The highest BCUT2D eigenvalue weighted by molar-refractivity contribution is 5.24. The molecular weight excluding hydrogens is 198 g/mol. The summed E-state index contributed by atoms with van der Waals surface area (Å²) in [5.74, 6) is 0.834. The van der Waals surface area contributed by atoms with Crippen LogP contribution in [0.15, 0.2) is 30.3 Å². The zero-order valence-corrected chi connectivity index (χ0v) is 9.95. The highest BCUT2D eigenvalue weighted by atomic mass is 16.3. The Morgan fingerprint density at radius 3 is 2.50 bits per heavy atom. The SMILES string of the molecule is CCC(CO)(NCC1CC1)c1ccccc1. The van der Waals surface area contributed by atoms with Crippen molar-refractivity contribution in [2.24, 2.45) is 5.92 Å². The first kappa shape index (κ1) is 11.6. The molecule has 1 aliphatic rings. The Morgan fingerprint density at radius 2 is 2.00 bits per heavy atom. The van der Waals surface area contributed by atoms with Crippen molar-refractivity contribution < 1.29 is 5.11 Å². The fourth-order valence-corrected chi connectivity index (χ4v) is 2.11. The van der Waals surface area contributed by atoms with Crippen LogP contribution in [0.1, 0.15) is 31.7 Å². The van der Waals surface area contributed by atoms with Gasteiger partial charge in [0.05, 0.1) is 12.1 Å². The second-order valence-corrected chi connectivity index (χ2v) is 4.78. The van der Waals surface area contributed by atoms with Gasteiger partial charge in [-0.1, -0.05) is 37.3 Å². The van der Waals surface area contributed by atoms with E-state index < -0.39 is 0 Å². The summed E-state index contributed by atoms with van der Waals surface area (Å²) in [4.78, 5) is 0. The zero-order valence-electron chi connectivity index (χ0n) is 9.95. The van der Waals surface area contributed by atoms with Crippen molar-refractivity contribution in [3.05, 3.63) is 35.9 Å². The lowest BCUT2D eigenvalue weighted by atomic mass is 9.88. The molecule has 0 heterocycles. The maximum Gasteiger partial charge on any atom is 0.0666 e. The number of aliphatic hydroxyl groups is 1. The van der Waals surface area contributed by atoms with E-state index in [0.717, 1.165) is 18.9 Å². The zero-order chi connectivity index (χ0) is 11.4. The lowest BCUT2D eigenvalue weighted by molar-refractivity contribution is 0.154. The maximum atomic E-state index is 9.70. The summed E-state index contributed by atoms with van der Waals surface area (Å²) in [5, 5.41) is 13.3. The number of benzene rings is 1. The standard InChI is InChI=1S/C14H21NO/c1-2-14(11-16,15-10-12-8-9-12)13-6-4-3-5-7-13/h3-7,12,15-16H,2,8-11H2,1H3. The Balaban J connectivity index is 2.12. The summed E-state index contributed by atoms with van der Waals surface area (Å²) in [6.07, 6.45) is 3.60. The van der Waals surface area contributed by atoms with Crippen LogP contribution in [0, 0.1) is 5.92 Å². The predicted octanol–water partition coefficient (Wildman–Crippen LogP) is 2.28. The van der Waals surface area contributed by atoms with Gasteiger partial charge in [0.2, 0.25) is 0 Å². The normalized spacial score (nSPS) is 19.4. The van der Waals surface area contributed by atoms with E-state index in [0.29, 0.717) is 0 Å². The third-order valence-electron chi connectivity index (χ3n) is 3.63. The lowest BCUT2D eigenvalue weighted by Gasteiger charge is -2.33. The Morgan fingerprint density at radius 1 is 1.31 bits per heavy atom. The van der Waals surface area contributed by atoms with Crippen LogP contribution in [-0.2, 0) is 5.54 Å². The van der Waals surface area contributed by atoms with Gasteiger partial charge in [0.15, 0.2) is 0 Å². The van der Waals surface area contributed by atoms with Gasteiger partial charge in [0.25, 0.3) is 0 Å². The van der Waals surface area contributed by atoms with E-state index in [1.54, 1.807) is 0 Å². The van der Waals surface area contributed by atoms with Gasteiger partial charge in [-0.3, -0.25) is 0 Å². The number of nitrogens with one attached hydrogen (secondary N) is 1. The molecule has 0 bridgehead atoms. The molecule has 0 amide bonds. The summed E-state index contributed by atoms with van der Waals surface area (Å²) in [6, 6.07) is 10.3. The molecule has 1 fully saturated rings. The first-order valence-electron chi connectivity index (χ1n) is 6.22. The monoisotopic (exact) mass is 219 g/mol. The largest absolute Gasteiger partial charge is 0.394 e. The predicted molar refractivity (Wildman–Crippen MR) is 66.2 cm³/mol. The van der Waals surface area contributed by atoms with Crippen molar-refractivity contribution in [2.45, 2.75) is 31.7 Å². The van der Waals surface area contributed by atoms with E-state index in [9.17, 15) is 5.11 Å². The highest BCUT2D eigenvalue weighted by Gasteiger charge is 2.31. The Bertz CT molecular complexity index is 315. The molecule has 0 aliphatic heterocycles. The van der Waals surface area contributed by atoms with Crippen LogP contribution in [0.25, 0.3) is 0 Å². The van der Waals surface area contributed by atoms with E-state index in [4.69, 9.17) is 0 Å². The second-order valence-electron chi connectivity index (χ2n) is 4.78. The van der Waals surface area contributed by atoms with E-state index >= 15 is 0 Å². The maximum absolute atomic E-state index is 9.70. The first-order chi connectivity index (χ1) is 7.80. The molecule has 2 rings (SSSR count). The average Bonchev–Trinajstić information content (AvgIpc) is 3.17. The van der Waals surface area contributed by atoms with E-state index in [-0.39, 0.29) is 12.1 Å². The van der Waals surface area contributed by atoms with Crippen molar-refractivity contribution in [2.75, 3.05) is 13.2 Å². The molecule has 1 unspecified atom stereocenters. The second kappa shape index (κ2) is 4.98. The Labute approximate surface area is 97.7 Å². The van der Waals surface area contributed by atoms with E-state index in [2.05, 4.69) is 24.4 Å². The quantitative estimate of drug-likeness (QED) is 0.769. The summed E-state index contributed by atoms with van der Waals surface area (Å²) < 4.78 is 0. The average molecular weight is 219 g/mol. The van der Waals surface area contributed by atoms with Crippen molar-refractivity contribution in [1.82, 2.24) is 5.32 Å². The van der Waals surface area contributed by atoms with Gasteiger partial charge in [-0.15, -0.1) is 0 Å². The lowest BCUT2D eigenvalue weighted by Crippen LogP contribution is -2.46. The number of rotatable bonds is 6. The van der Waals surface area contributed by atoms with Crippen LogP contribution in [0.4, 0.5) is 0 Å². The molecule has 2 N–H and O–H groups in total. The number of aliphatic hydroxyl groups excluding tert-OH is 1. The van der Waals surface area contributed by atoms with Gasteiger partial charge in [-0.2, -0.15) is 0 Å². The van der Waals surface area contributed by atoms with Gasteiger partial charge in [0, 0.05) is 0 Å². The summed E-state index contributed by atoms with van der Waals surface area (Å²) >= 11 is 0. The molecule has 1 aromatic carbocycles. The molecule has 1 aromatic rings. The molecule has 0 radical (unpaired) electrons. The number of hydrogen-bond donors (Lipinski definition) is 2. The van der Waals surface area contributed by atoms with Crippen molar-refractivity contribution in [3.8, 4) is 0 Å². The molecule has 2 nitrogen and oxygen atoms in total. The molecule has 1 saturated carbocycles. The van der Waals surface area contributed by atoms with Crippen molar-refractivity contribution in [3.63, 3.8) is 0 Å². The van der Waals surface area contributed by atoms with Gasteiger partial charge >= 0.3 is 0 Å². The smallest absolute Gasteiger partial charge is 0.0666 e. The van der Waals surface area contributed by atoms with Crippen LogP contribution in [0.2, 0.25) is 0 Å². The summed E-state index contributed by atoms with van der Waals surface area (Å²) in [6.45, 7) is 3.33. The minimum atomic E-state index is -0.246. The third kappa shape index (κ3) is 2.45. The van der Waals surface area contributed by atoms with Gasteiger partial charge in [-0.25, -0.2) is 0 Å². The molecule has 1 atom stereocenters. The van der Waals surface area contributed by atoms with Crippen LogP contribution < -0.4 is 5.32 Å². The molecule has 1 aliphatic carbocycles. The number of hydrogen-bond acceptors (Lipinski definition) is 2. The molecule has 88 valence electrons. The van der Waals surface area contributed by atoms with Gasteiger partial charge < -0.3 is 10.4 Å². The molecule has 16 heavy (non-hydrogen) atoms. The fraction of sp³-hybridized carbons (Fsp3) is 0.571. The minimum Gasteiger partial charge on any atom is -0.394 e. The van der Waals surface area contributed by atoms with E-state index in [1.807, 2.05) is 18.2 Å². The Kier molecular flexibility index (Phi) is 3.62. The summed E-state index contributed by atoms with van der Waals surface area (Å²) in [5.41, 5.74) is 0.949.